The molecule has 0 heterocycles. The molecule has 1 aromatic rings. The largest absolute Gasteiger partial charge is 0.383 e. The van der Waals surface area contributed by atoms with Crippen LogP contribution in [0.2, 0.25) is 0 Å². The Balaban J connectivity index is 2.34. The van der Waals surface area contributed by atoms with Gasteiger partial charge in [-0.05, 0) is 18.9 Å². The van der Waals surface area contributed by atoms with Crippen LogP contribution in [0.25, 0.3) is 0 Å². The topological polar surface area (TPSA) is 38.3 Å². The van der Waals surface area contributed by atoms with Gasteiger partial charge in [-0.3, -0.25) is 4.79 Å². The smallest absolute Gasteiger partial charge is 0.220 e. The second-order valence-corrected chi connectivity index (χ2v) is 4.67. The second kappa shape index (κ2) is 8.11. The molecule has 18 heavy (non-hydrogen) atoms. The number of rotatable bonds is 7. The van der Waals surface area contributed by atoms with Crippen molar-refractivity contribution in [2.75, 3.05) is 19.6 Å². The molecule has 1 rings (SSSR count). The van der Waals surface area contributed by atoms with E-state index in [1.54, 1.807) is 7.11 Å². The van der Waals surface area contributed by atoms with Crippen molar-refractivity contribution >= 4 is 17.5 Å². The summed E-state index contributed by atoms with van der Waals surface area (Å²) in [5.74, 6) is 0.377. The van der Waals surface area contributed by atoms with E-state index in [1.165, 1.54) is 11.1 Å². The molecule has 1 unspecified atom stereocenters. The minimum absolute atomic E-state index is 0.0123. The van der Waals surface area contributed by atoms with Crippen LogP contribution in [-0.4, -0.2) is 31.5 Å². The lowest BCUT2D eigenvalue weighted by atomic mass is 10.1. The predicted octanol–water partition coefficient (Wildman–Crippen LogP) is 2.30. The molecule has 0 bridgehead atoms. The van der Waals surface area contributed by atoms with E-state index >= 15 is 0 Å². The number of nitrogens with one attached hydrogen (secondary N) is 1. The maximum atomic E-state index is 11.7. The van der Waals surface area contributed by atoms with Gasteiger partial charge >= 0.3 is 0 Å². The number of alkyl halides is 1. The van der Waals surface area contributed by atoms with Crippen molar-refractivity contribution in [3.8, 4) is 0 Å². The average molecular weight is 270 g/mol. The average Bonchev–Trinajstić information content (AvgIpc) is 2.37. The van der Waals surface area contributed by atoms with Crippen LogP contribution in [0.3, 0.4) is 0 Å². The monoisotopic (exact) mass is 269 g/mol. The summed E-state index contributed by atoms with van der Waals surface area (Å²) in [6, 6.07) is 8.11. The van der Waals surface area contributed by atoms with Gasteiger partial charge in [-0.25, -0.2) is 0 Å². The third-order valence-electron chi connectivity index (χ3n) is 2.68. The normalized spacial score (nSPS) is 12.2. The zero-order chi connectivity index (χ0) is 13.4. The van der Waals surface area contributed by atoms with E-state index in [0.29, 0.717) is 18.9 Å². The number of benzene rings is 1. The Morgan fingerprint density at radius 2 is 2.06 bits per heavy atom. The molecule has 1 N–H and O–H groups in total. The summed E-state index contributed by atoms with van der Waals surface area (Å²) in [6.45, 7) is 2.49. The number of hydrogen-bond acceptors (Lipinski definition) is 2. The number of hydrogen-bond donors (Lipinski definition) is 1. The number of carbonyl (C=O) groups is 1. The number of methoxy groups -OCH3 is 1. The lowest BCUT2D eigenvalue weighted by Crippen LogP contribution is -2.39. The van der Waals surface area contributed by atoms with Gasteiger partial charge < -0.3 is 10.1 Å². The number of ether oxygens (including phenoxy) is 1. The van der Waals surface area contributed by atoms with E-state index < -0.39 is 0 Å². The number of halogens is 1. The molecule has 0 spiro atoms. The van der Waals surface area contributed by atoms with E-state index in [4.69, 9.17) is 16.3 Å². The van der Waals surface area contributed by atoms with Crippen LogP contribution >= 0.6 is 11.6 Å². The van der Waals surface area contributed by atoms with Crippen LogP contribution in [0.1, 0.15) is 17.5 Å². The summed E-state index contributed by atoms with van der Waals surface area (Å²) >= 11 is 5.73. The summed E-state index contributed by atoms with van der Waals surface area (Å²) in [7, 11) is 1.60. The van der Waals surface area contributed by atoms with Crippen molar-refractivity contribution in [1.29, 1.82) is 0 Å². The van der Waals surface area contributed by atoms with Crippen molar-refractivity contribution in [2.24, 2.45) is 0 Å². The predicted molar refractivity (Wildman–Crippen MR) is 74.0 cm³/mol. The fraction of sp³-hybridized carbons (Fsp3) is 0.500. The maximum absolute atomic E-state index is 11.7. The Hall–Kier alpha value is -1.06. The first-order valence-electron chi connectivity index (χ1n) is 6.05. The standard InChI is InChI=1S/C14H20ClNO2/c1-11-3-5-12(6-4-11)7-8-14(17)16-13(9-15)10-18-2/h3-6,13H,7-10H2,1-2H3,(H,16,17). The molecule has 1 amide bonds. The van der Waals surface area contributed by atoms with Crippen LogP contribution < -0.4 is 5.32 Å². The molecule has 4 heteroatoms. The Morgan fingerprint density at radius 1 is 1.39 bits per heavy atom. The first-order valence-corrected chi connectivity index (χ1v) is 6.59. The molecular weight excluding hydrogens is 250 g/mol. The third-order valence-corrected chi connectivity index (χ3v) is 3.05. The molecule has 0 aromatic heterocycles. The van der Waals surface area contributed by atoms with Crippen molar-refractivity contribution in [2.45, 2.75) is 25.8 Å². The fourth-order valence-corrected chi connectivity index (χ4v) is 1.80. The Kier molecular flexibility index (Phi) is 6.76. The van der Waals surface area contributed by atoms with Gasteiger partial charge in [0.1, 0.15) is 0 Å². The molecule has 0 saturated heterocycles. The Bertz CT molecular complexity index is 365. The van der Waals surface area contributed by atoms with E-state index in [1.807, 2.05) is 6.92 Å². The molecule has 0 radical (unpaired) electrons. The van der Waals surface area contributed by atoms with Gasteiger partial charge in [-0.1, -0.05) is 29.8 Å². The summed E-state index contributed by atoms with van der Waals surface area (Å²) in [5, 5.41) is 2.85. The van der Waals surface area contributed by atoms with Gasteiger partial charge in [0, 0.05) is 19.4 Å². The quantitative estimate of drug-likeness (QED) is 0.772. The van der Waals surface area contributed by atoms with Crippen LogP contribution in [-0.2, 0) is 16.0 Å². The summed E-state index contributed by atoms with van der Waals surface area (Å²) < 4.78 is 4.97. The second-order valence-electron chi connectivity index (χ2n) is 4.36. The van der Waals surface area contributed by atoms with Gasteiger partial charge in [0.2, 0.25) is 5.91 Å². The van der Waals surface area contributed by atoms with Crippen molar-refractivity contribution < 1.29 is 9.53 Å². The lowest BCUT2D eigenvalue weighted by molar-refractivity contribution is -0.121. The van der Waals surface area contributed by atoms with E-state index in [2.05, 4.69) is 29.6 Å². The molecule has 100 valence electrons. The van der Waals surface area contributed by atoms with Gasteiger partial charge in [0.05, 0.1) is 12.6 Å². The molecule has 1 atom stereocenters. The van der Waals surface area contributed by atoms with Gasteiger partial charge in [0.25, 0.3) is 0 Å². The highest BCUT2D eigenvalue weighted by molar-refractivity contribution is 6.18. The van der Waals surface area contributed by atoms with Crippen molar-refractivity contribution in [1.82, 2.24) is 5.32 Å². The van der Waals surface area contributed by atoms with Gasteiger partial charge in [0.15, 0.2) is 0 Å². The highest BCUT2D eigenvalue weighted by atomic mass is 35.5. The van der Waals surface area contributed by atoms with E-state index in [9.17, 15) is 4.79 Å². The molecule has 0 fully saturated rings. The molecule has 0 aliphatic rings. The molecule has 0 aliphatic heterocycles. The number of aryl methyl sites for hydroxylation is 2. The van der Waals surface area contributed by atoms with Gasteiger partial charge in [-0.2, -0.15) is 0 Å². The maximum Gasteiger partial charge on any atom is 0.220 e. The number of carbonyl (C=O) groups excluding carboxylic acids is 1. The molecule has 0 aliphatic carbocycles. The highest BCUT2D eigenvalue weighted by Gasteiger charge is 2.10. The Labute approximate surface area is 113 Å². The molecule has 0 saturated carbocycles. The van der Waals surface area contributed by atoms with Crippen molar-refractivity contribution in [3.05, 3.63) is 35.4 Å². The van der Waals surface area contributed by atoms with E-state index in [-0.39, 0.29) is 11.9 Å². The fourth-order valence-electron chi connectivity index (χ4n) is 1.64. The summed E-state index contributed by atoms with van der Waals surface area (Å²) in [6.07, 6.45) is 1.22. The number of amides is 1. The summed E-state index contributed by atoms with van der Waals surface area (Å²) in [5.41, 5.74) is 2.40. The zero-order valence-corrected chi connectivity index (χ0v) is 11.7. The van der Waals surface area contributed by atoms with Crippen molar-refractivity contribution in [3.63, 3.8) is 0 Å². The van der Waals surface area contributed by atoms with Crippen LogP contribution in [0, 0.1) is 6.92 Å². The minimum atomic E-state index is -0.109. The minimum Gasteiger partial charge on any atom is -0.383 e. The highest BCUT2D eigenvalue weighted by Crippen LogP contribution is 2.05. The Morgan fingerprint density at radius 3 is 2.61 bits per heavy atom. The van der Waals surface area contributed by atoms with Gasteiger partial charge in [-0.15, -0.1) is 11.6 Å². The molecular formula is C14H20ClNO2. The van der Waals surface area contributed by atoms with Crippen LogP contribution in [0.5, 0.6) is 0 Å². The third kappa shape index (κ3) is 5.52. The zero-order valence-electron chi connectivity index (χ0n) is 10.9. The first kappa shape index (κ1) is 15.0. The van der Waals surface area contributed by atoms with Crippen LogP contribution in [0.15, 0.2) is 24.3 Å². The molecule has 3 nitrogen and oxygen atoms in total. The van der Waals surface area contributed by atoms with E-state index in [0.717, 1.165) is 6.42 Å². The lowest BCUT2D eigenvalue weighted by Gasteiger charge is -2.14. The summed E-state index contributed by atoms with van der Waals surface area (Å²) in [4.78, 5) is 11.7. The SMILES string of the molecule is COCC(CCl)NC(=O)CCc1ccc(C)cc1. The van der Waals surface area contributed by atoms with Crippen LogP contribution in [0.4, 0.5) is 0 Å². The first-order chi connectivity index (χ1) is 8.65. The molecule has 1 aromatic carbocycles.